The van der Waals surface area contributed by atoms with Crippen LogP contribution in [0.15, 0.2) is 0 Å². The van der Waals surface area contributed by atoms with E-state index in [1.807, 2.05) is 0 Å². The quantitative estimate of drug-likeness (QED) is 0.449. The highest BCUT2D eigenvalue weighted by atomic mass is 32.2. The lowest BCUT2D eigenvalue weighted by Gasteiger charge is -1.77. The SMILES string of the molecule is N#CCS([NH])(=O)=O. The monoisotopic (exact) mass is 119 g/mol. The predicted octanol–water partition coefficient (Wildman–Crippen LogP) is -0.877. The summed E-state index contributed by atoms with van der Waals surface area (Å²) in [7, 11) is -3.79. The van der Waals surface area contributed by atoms with Crippen molar-refractivity contribution in [2.45, 2.75) is 0 Å². The van der Waals surface area contributed by atoms with Gasteiger partial charge in [0.15, 0.2) is 5.75 Å². The van der Waals surface area contributed by atoms with Crippen molar-refractivity contribution < 1.29 is 8.42 Å². The summed E-state index contributed by atoms with van der Waals surface area (Å²) in [4.78, 5) is 0. The average Bonchev–Trinajstić information content (AvgIpc) is 1.30. The van der Waals surface area contributed by atoms with Crippen molar-refractivity contribution in [3.8, 4) is 6.07 Å². The first-order chi connectivity index (χ1) is 3.06. The molecular formula is C2H3N2O2S. The van der Waals surface area contributed by atoms with Gasteiger partial charge in [0, 0.05) is 0 Å². The number of hydrogen-bond acceptors (Lipinski definition) is 3. The van der Waals surface area contributed by atoms with Gasteiger partial charge < -0.3 is 0 Å². The van der Waals surface area contributed by atoms with Crippen molar-refractivity contribution in [2.75, 3.05) is 5.75 Å². The number of hydrogen-bond donors (Lipinski definition) is 0. The number of rotatable bonds is 1. The molecule has 0 atom stereocenters. The van der Waals surface area contributed by atoms with Gasteiger partial charge in [-0.3, -0.25) is 0 Å². The molecule has 7 heavy (non-hydrogen) atoms. The van der Waals surface area contributed by atoms with E-state index in [9.17, 15) is 8.42 Å². The summed E-state index contributed by atoms with van der Waals surface area (Å²) in [6, 6.07) is 1.33. The Balaban J connectivity index is 3.92. The second-order valence-corrected chi connectivity index (χ2v) is 2.44. The van der Waals surface area contributed by atoms with Crippen LogP contribution < -0.4 is 5.14 Å². The van der Waals surface area contributed by atoms with Crippen LogP contribution in [0.25, 0.3) is 0 Å². The van der Waals surface area contributed by atoms with Gasteiger partial charge in [0.05, 0.1) is 6.07 Å². The summed E-state index contributed by atoms with van der Waals surface area (Å²) < 4.78 is 19.4. The Bertz CT molecular complexity index is 174. The molecular weight excluding hydrogens is 116 g/mol. The van der Waals surface area contributed by atoms with Gasteiger partial charge in [0.1, 0.15) is 0 Å². The third-order valence-electron chi connectivity index (χ3n) is 0.255. The van der Waals surface area contributed by atoms with Crippen molar-refractivity contribution in [1.29, 1.82) is 5.26 Å². The van der Waals surface area contributed by atoms with E-state index >= 15 is 0 Å². The molecule has 0 aliphatic heterocycles. The van der Waals surface area contributed by atoms with Gasteiger partial charge in [0.25, 0.3) is 0 Å². The van der Waals surface area contributed by atoms with Crippen LogP contribution in [-0.4, -0.2) is 14.2 Å². The lowest BCUT2D eigenvalue weighted by Crippen LogP contribution is -2.02. The van der Waals surface area contributed by atoms with E-state index in [0.29, 0.717) is 0 Å². The van der Waals surface area contributed by atoms with Gasteiger partial charge in [-0.25, -0.2) is 8.42 Å². The topological polar surface area (TPSA) is 81.7 Å². The summed E-state index contributed by atoms with van der Waals surface area (Å²) in [5.41, 5.74) is 0. The average molecular weight is 119 g/mol. The van der Waals surface area contributed by atoms with Crippen LogP contribution in [0.1, 0.15) is 0 Å². The Morgan fingerprint density at radius 2 is 2.14 bits per heavy atom. The van der Waals surface area contributed by atoms with Crippen molar-refractivity contribution in [1.82, 2.24) is 5.14 Å². The van der Waals surface area contributed by atoms with E-state index in [1.165, 1.54) is 6.07 Å². The zero-order valence-electron chi connectivity index (χ0n) is 3.38. The zero-order valence-corrected chi connectivity index (χ0v) is 4.20. The third kappa shape index (κ3) is 5.40. The molecule has 0 amide bonds. The fourth-order valence-corrected chi connectivity index (χ4v) is 0.255. The van der Waals surface area contributed by atoms with Crippen LogP contribution in [0.2, 0.25) is 0 Å². The van der Waals surface area contributed by atoms with Gasteiger partial charge in [-0.2, -0.15) is 5.26 Å². The van der Waals surface area contributed by atoms with E-state index in [0.717, 1.165) is 0 Å². The lowest BCUT2D eigenvalue weighted by atomic mass is 10.9. The van der Waals surface area contributed by atoms with Gasteiger partial charge in [-0.1, -0.05) is 0 Å². The van der Waals surface area contributed by atoms with Crippen LogP contribution in [0.5, 0.6) is 0 Å². The summed E-state index contributed by atoms with van der Waals surface area (Å²) in [6.45, 7) is 0. The fraction of sp³-hybridized carbons (Fsp3) is 0.500. The molecule has 5 heteroatoms. The Hall–Kier alpha value is -0.600. The Morgan fingerprint density at radius 3 is 2.14 bits per heavy atom. The second kappa shape index (κ2) is 1.91. The van der Waals surface area contributed by atoms with Crippen molar-refractivity contribution in [3.05, 3.63) is 0 Å². The van der Waals surface area contributed by atoms with E-state index in [4.69, 9.17) is 10.4 Å². The van der Waals surface area contributed by atoms with E-state index in [2.05, 4.69) is 0 Å². The molecule has 0 aromatic heterocycles. The Labute approximate surface area is 41.6 Å². The summed E-state index contributed by atoms with van der Waals surface area (Å²) in [6.07, 6.45) is 0. The minimum absolute atomic E-state index is 0.715. The number of nitriles is 1. The van der Waals surface area contributed by atoms with Gasteiger partial charge in [0.2, 0.25) is 10.0 Å². The van der Waals surface area contributed by atoms with Gasteiger partial charge in [-0.05, 0) is 0 Å². The van der Waals surface area contributed by atoms with Gasteiger partial charge >= 0.3 is 0 Å². The van der Waals surface area contributed by atoms with Crippen LogP contribution in [-0.2, 0) is 10.0 Å². The molecule has 39 valence electrons. The van der Waals surface area contributed by atoms with Crippen LogP contribution >= 0.6 is 0 Å². The normalized spacial score (nSPS) is 10.3. The molecule has 0 saturated carbocycles. The predicted molar refractivity (Wildman–Crippen MR) is 22.5 cm³/mol. The van der Waals surface area contributed by atoms with Gasteiger partial charge in [-0.15, -0.1) is 5.14 Å². The molecule has 0 heterocycles. The van der Waals surface area contributed by atoms with Crippen LogP contribution in [0.4, 0.5) is 0 Å². The summed E-state index contributed by atoms with van der Waals surface area (Å²) in [5, 5.41) is 13.7. The second-order valence-electron chi connectivity index (χ2n) is 0.917. The molecule has 0 unspecified atom stereocenters. The molecule has 0 aromatic carbocycles. The number of nitrogens with zero attached hydrogens (tertiary/aromatic N) is 1. The van der Waals surface area contributed by atoms with E-state index in [1.54, 1.807) is 0 Å². The van der Waals surface area contributed by atoms with E-state index < -0.39 is 15.8 Å². The lowest BCUT2D eigenvalue weighted by molar-refractivity contribution is 0.599. The maximum Gasteiger partial charge on any atom is 0.238 e. The first kappa shape index (κ1) is 6.40. The van der Waals surface area contributed by atoms with Crippen molar-refractivity contribution >= 4 is 10.0 Å². The first-order valence-electron chi connectivity index (χ1n) is 1.40. The zero-order chi connectivity index (χ0) is 5.91. The number of nitrogens with one attached hydrogen (secondary N) is 1. The Kier molecular flexibility index (Phi) is 1.75. The minimum atomic E-state index is -3.79. The molecule has 4 nitrogen and oxygen atoms in total. The minimum Gasteiger partial charge on any atom is -0.210 e. The fourth-order valence-electron chi connectivity index (χ4n) is 0.0850. The smallest absolute Gasteiger partial charge is 0.210 e. The third-order valence-corrected chi connectivity index (χ3v) is 0.764. The molecule has 1 radical (unpaired) electrons. The highest BCUT2D eigenvalue weighted by molar-refractivity contribution is 7.88. The largest absolute Gasteiger partial charge is 0.238 e. The Morgan fingerprint density at radius 1 is 1.71 bits per heavy atom. The molecule has 0 rings (SSSR count). The highest BCUT2D eigenvalue weighted by Gasteiger charge is 1.98. The standard InChI is InChI=1S/C2H3N2O2S/c3-1-2-7(4,5)6/h4H,2H2. The summed E-state index contributed by atoms with van der Waals surface area (Å²) >= 11 is 0. The number of sulfonamides is 1. The van der Waals surface area contributed by atoms with Crippen LogP contribution in [0, 0.1) is 11.3 Å². The van der Waals surface area contributed by atoms with Crippen molar-refractivity contribution in [2.24, 2.45) is 0 Å². The molecule has 0 aliphatic rings. The van der Waals surface area contributed by atoms with Crippen LogP contribution in [0.3, 0.4) is 0 Å². The van der Waals surface area contributed by atoms with Crippen molar-refractivity contribution in [3.63, 3.8) is 0 Å². The van der Waals surface area contributed by atoms with E-state index in [-0.39, 0.29) is 0 Å². The first-order valence-corrected chi connectivity index (χ1v) is 3.06. The molecule has 0 aromatic rings. The summed E-state index contributed by atoms with van der Waals surface area (Å²) in [5.74, 6) is -0.715. The highest BCUT2D eigenvalue weighted by Crippen LogP contribution is 1.73. The maximum absolute atomic E-state index is 9.68. The molecule has 0 bridgehead atoms. The molecule has 0 spiro atoms. The molecule has 1 N–H and O–H groups in total. The molecule has 0 aliphatic carbocycles. The maximum atomic E-state index is 9.68. The molecule has 0 saturated heterocycles. The molecule has 0 fully saturated rings.